The molecule has 3 rings (SSSR count). The highest BCUT2D eigenvalue weighted by Crippen LogP contribution is 2.25. The molecule has 0 fully saturated rings. The van der Waals surface area contributed by atoms with Crippen LogP contribution in [0.2, 0.25) is 10.0 Å². The molecular formula is C17H18Cl2N6O. The van der Waals surface area contributed by atoms with E-state index in [9.17, 15) is 0 Å². The Hall–Kier alpha value is -2.51. The number of H-pyrrole nitrogens is 1. The van der Waals surface area contributed by atoms with Crippen LogP contribution >= 0.6 is 23.2 Å². The lowest BCUT2D eigenvalue weighted by molar-refractivity contribution is 0.577. The van der Waals surface area contributed by atoms with Crippen molar-refractivity contribution < 1.29 is 4.42 Å². The number of nitrogens with two attached hydrogens (primary N) is 1. The largest absolute Gasteiger partial charge is 0.461 e. The van der Waals surface area contributed by atoms with Gasteiger partial charge in [-0.05, 0) is 36.8 Å². The molecule has 9 heteroatoms. The van der Waals surface area contributed by atoms with Crippen molar-refractivity contribution in [2.45, 2.75) is 19.4 Å². The molecule has 0 amide bonds. The number of nitrogens with one attached hydrogen (secondary N) is 2. The van der Waals surface area contributed by atoms with Gasteiger partial charge in [0.15, 0.2) is 11.7 Å². The summed E-state index contributed by atoms with van der Waals surface area (Å²) in [6.07, 6.45) is 2.16. The van der Waals surface area contributed by atoms with Crippen LogP contribution in [0.1, 0.15) is 24.4 Å². The van der Waals surface area contributed by atoms with E-state index in [1.165, 1.54) is 0 Å². The van der Waals surface area contributed by atoms with Gasteiger partial charge in [0, 0.05) is 23.0 Å². The Morgan fingerprint density at radius 1 is 1.38 bits per heavy atom. The van der Waals surface area contributed by atoms with E-state index in [1.807, 2.05) is 13.0 Å². The monoisotopic (exact) mass is 392 g/mol. The highest BCUT2D eigenvalue weighted by molar-refractivity contribution is 6.35. The van der Waals surface area contributed by atoms with Gasteiger partial charge in [0.2, 0.25) is 5.82 Å². The molecule has 0 bridgehead atoms. The van der Waals surface area contributed by atoms with Crippen LogP contribution in [0.3, 0.4) is 0 Å². The summed E-state index contributed by atoms with van der Waals surface area (Å²) in [5.74, 6) is 2.17. The maximum atomic E-state index is 6.20. The molecule has 4 N–H and O–H groups in total. The van der Waals surface area contributed by atoms with Gasteiger partial charge in [-0.25, -0.2) is 4.98 Å². The standard InChI is InChI=1S/C17H18Cl2N6O/c1-10(12-5-4-11(18)9-13(12)19)22-17(20)21-7-6-15-23-16(25-24-15)14-3-2-8-26-14/h2-5,8-10H,6-7H2,1H3,(H3,20,21,22)(H,23,24,25). The first kappa shape index (κ1) is 18.3. The second-order valence-corrected chi connectivity index (χ2v) is 6.48. The van der Waals surface area contributed by atoms with Gasteiger partial charge in [-0.1, -0.05) is 29.3 Å². The van der Waals surface area contributed by atoms with Gasteiger partial charge in [0.05, 0.1) is 12.3 Å². The fourth-order valence-corrected chi connectivity index (χ4v) is 2.98. The van der Waals surface area contributed by atoms with Crippen LogP contribution in [0.5, 0.6) is 0 Å². The van der Waals surface area contributed by atoms with E-state index >= 15 is 0 Å². The number of nitrogens with zero attached hydrogens (tertiary/aromatic N) is 3. The normalized spacial score (nSPS) is 13.0. The van der Waals surface area contributed by atoms with Gasteiger partial charge < -0.3 is 15.5 Å². The molecule has 1 aromatic carbocycles. The first-order valence-electron chi connectivity index (χ1n) is 7.99. The summed E-state index contributed by atoms with van der Waals surface area (Å²) in [4.78, 5) is 8.66. The smallest absolute Gasteiger partial charge is 0.216 e. The van der Waals surface area contributed by atoms with E-state index < -0.39 is 0 Å². The van der Waals surface area contributed by atoms with Gasteiger partial charge >= 0.3 is 0 Å². The van der Waals surface area contributed by atoms with Gasteiger partial charge in [-0.15, -0.1) is 0 Å². The first-order valence-corrected chi connectivity index (χ1v) is 8.75. The minimum atomic E-state index is -0.0978. The minimum Gasteiger partial charge on any atom is -0.461 e. The van der Waals surface area contributed by atoms with Gasteiger partial charge in [-0.2, -0.15) is 5.10 Å². The number of hydrogen-bond acceptors (Lipinski definition) is 4. The predicted octanol–water partition coefficient (Wildman–Crippen LogP) is 3.58. The van der Waals surface area contributed by atoms with Crippen LogP contribution in [0.25, 0.3) is 11.6 Å². The molecule has 0 saturated carbocycles. The second kappa shape index (κ2) is 8.25. The van der Waals surface area contributed by atoms with Crippen LogP contribution in [-0.4, -0.2) is 27.7 Å². The van der Waals surface area contributed by atoms with Crippen molar-refractivity contribution in [2.75, 3.05) is 6.54 Å². The number of aromatic nitrogens is 3. The Labute approximate surface area is 160 Å². The quantitative estimate of drug-likeness (QED) is 0.439. The zero-order valence-electron chi connectivity index (χ0n) is 14.0. The van der Waals surface area contributed by atoms with Crippen molar-refractivity contribution in [3.05, 3.63) is 58.0 Å². The van der Waals surface area contributed by atoms with Crippen LogP contribution in [0.4, 0.5) is 0 Å². The molecule has 0 radical (unpaired) electrons. The summed E-state index contributed by atoms with van der Waals surface area (Å²) in [6, 6.07) is 8.84. The van der Waals surface area contributed by atoms with Gasteiger partial charge in [-0.3, -0.25) is 10.1 Å². The molecular weight excluding hydrogens is 375 g/mol. The van der Waals surface area contributed by atoms with Gasteiger partial charge in [0.25, 0.3) is 0 Å². The number of furan rings is 1. The molecule has 7 nitrogen and oxygen atoms in total. The average Bonchev–Trinajstić information content (AvgIpc) is 3.25. The lowest BCUT2D eigenvalue weighted by Gasteiger charge is -2.16. The van der Waals surface area contributed by atoms with Crippen molar-refractivity contribution in [1.29, 1.82) is 0 Å². The fourth-order valence-electron chi connectivity index (χ4n) is 2.40. The molecule has 0 aliphatic heterocycles. The van der Waals surface area contributed by atoms with E-state index in [2.05, 4.69) is 25.5 Å². The Morgan fingerprint density at radius 2 is 2.23 bits per heavy atom. The Morgan fingerprint density at radius 3 is 2.96 bits per heavy atom. The number of halogens is 2. The van der Waals surface area contributed by atoms with E-state index in [4.69, 9.17) is 33.4 Å². The maximum absolute atomic E-state index is 6.20. The Bertz CT molecular complexity index is 891. The number of guanidine groups is 1. The number of rotatable bonds is 6. The molecule has 2 aromatic heterocycles. The molecule has 1 atom stereocenters. The predicted molar refractivity (Wildman–Crippen MR) is 102 cm³/mol. The summed E-state index contributed by atoms with van der Waals surface area (Å²) < 4.78 is 5.26. The molecule has 0 aliphatic carbocycles. The van der Waals surface area contributed by atoms with Gasteiger partial charge in [0.1, 0.15) is 5.82 Å². The number of aliphatic imine (C=N–C) groups is 1. The van der Waals surface area contributed by atoms with Crippen LogP contribution < -0.4 is 11.1 Å². The Balaban J connectivity index is 1.53. The average molecular weight is 393 g/mol. The first-order chi connectivity index (χ1) is 12.5. The molecule has 136 valence electrons. The van der Waals surface area contributed by atoms with E-state index in [-0.39, 0.29) is 6.04 Å². The SMILES string of the molecule is CC(NC(N)=NCCc1nc(-c2ccco2)n[nH]1)c1ccc(Cl)cc1Cl. The van der Waals surface area contributed by atoms with E-state index in [0.717, 1.165) is 5.56 Å². The molecule has 1 unspecified atom stereocenters. The van der Waals surface area contributed by atoms with Crippen molar-refractivity contribution in [3.63, 3.8) is 0 Å². The summed E-state index contributed by atoms with van der Waals surface area (Å²) in [5, 5.41) is 11.3. The highest BCUT2D eigenvalue weighted by Gasteiger charge is 2.11. The van der Waals surface area contributed by atoms with E-state index in [0.29, 0.717) is 46.4 Å². The fraction of sp³-hybridized carbons (Fsp3) is 0.235. The molecule has 0 saturated heterocycles. The number of hydrogen-bond donors (Lipinski definition) is 3. The van der Waals surface area contributed by atoms with Crippen LogP contribution in [-0.2, 0) is 6.42 Å². The molecule has 2 heterocycles. The lowest BCUT2D eigenvalue weighted by atomic mass is 10.1. The highest BCUT2D eigenvalue weighted by atomic mass is 35.5. The van der Waals surface area contributed by atoms with Crippen LogP contribution in [0, 0.1) is 0 Å². The minimum absolute atomic E-state index is 0.0978. The summed E-state index contributed by atoms with van der Waals surface area (Å²) >= 11 is 12.1. The van der Waals surface area contributed by atoms with Crippen molar-refractivity contribution in [2.24, 2.45) is 10.7 Å². The maximum Gasteiger partial charge on any atom is 0.216 e. The van der Waals surface area contributed by atoms with Crippen molar-refractivity contribution >= 4 is 29.2 Å². The number of benzene rings is 1. The summed E-state index contributed by atoms with van der Waals surface area (Å²) in [6.45, 7) is 2.41. The number of aromatic amines is 1. The topological polar surface area (TPSA) is 105 Å². The van der Waals surface area contributed by atoms with Crippen LogP contribution in [0.15, 0.2) is 46.0 Å². The third-order valence-corrected chi connectivity index (χ3v) is 4.26. The third-order valence-electron chi connectivity index (χ3n) is 3.70. The third kappa shape index (κ3) is 4.56. The molecule has 26 heavy (non-hydrogen) atoms. The zero-order chi connectivity index (χ0) is 18.5. The van der Waals surface area contributed by atoms with E-state index in [1.54, 1.807) is 30.5 Å². The molecule has 0 spiro atoms. The Kier molecular flexibility index (Phi) is 5.80. The molecule has 0 aliphatic rings. The summed E-state index contributed by atoms with van der Waals surface area (Å²) in [7, 11) is 0. The van der Waals surface area contributed by atoms with Crippen molar-refractivity contribution in [1.82, 2.24) is 20.5 Å². The second-order valence-electron chi connectivity index (χ2n) is 5.63. The van der Waals surface area contributed by atoms with Crippen molar-refractivity contribution in [3.8, 4) is 11.6 Å². The molecule has 3 aromatic rings. The zero-order valence-corrected chi connectivity index (χ0v) is 15.6. The lowest BCUT2D eigenvalue weighted by Crippen LogP contribution is -2.34. The summed E-state index contributed by atoms with van der Waals surface area (Å²) in [5.41, 5.74) is 6.84.